The Morgan fingerprint density at radius 1 is 1.06 bits per heavy atom. The van der Waals surface area contributed by atoms with Crippen LogP contribution in [0.15, 0.2) is 59.6 Å². The lowest BCUT2D eigenvalue weighted by Crippen LogP contribution is -2.36. The number of ether oxygens (including phenoxy) is 1. The molecule has 0 aliphatic carbocycles. The summed E-state index contributed by atoms with van der Waals surface area (Å²) in [6, 6.07) is 16.9. The number of benzene rings is 2. The molecule has 0 saturated carbocycles. The normalized spacial score (nSPS) is 18.9. The van der Waals surface area contributed by atoms with E-state index in [4.69, 9.17) is 14.5 Å². The first-order chi connectivity index (χ1) is 17.2. The van der Waals surface area contributed by atoms with Crippen molar-refractivity contribution in [1.82, 2.24) is 14.9 Å². The molecule has 1 unspecified atom stereocenters. The van der Waals surface area contributed by atoms with E-state index in [1.807, 2.05) is 24.4 Å². The molecule has 3 aromatic rings. The molecule has 184 valence electrons. The van der Waals surface area contributed by atoms with E-state index in [9.17, 15) is 0 Å². The minimum absolute atomic E-state index is 0.496. The molecule has 2 aliphatic rings. The highest BCUT2D eigenvalue weighted by Gasteiger charge is 2.13. The number of hydrogen-bond acceptors (Lipinski definition) is 7. The quantitative estimate of drug-likeness (QED) is 0.462. The third-order valence-corrected chi connectivity index (χ3v) is 8.06. The van der Waals surface area contributed by atoms with Gasteiger partial charge in [0.2, 0.25) is 5.95 Å². The molecule has 0 radical (unpaired) electrons. The lowest BCUT2D eigenvalue weighted by molar-refractivity contribution is 0.0375. The summed E-state index contributed by atoms with van der Waals surface area (Å²) in [6.07, 6.45) is 6.18. The van der Waals surface area contributed by atoms with Gasteiger partial charge in [0.15, 0.2) is 0 Å². The van der Waals surface area contributed by atoms with Crippen LogP contribution in [0, 0.1) is 4.78 Å². The fraction of sp³-hybridized carbons (Fsp3) is 0.407. The zero-order valence-corrected chi connectivity index (χ0v) is 20.9. The third kappa shape index (κ3) is 6.45. The van der Waals surface area contributed by atoms with Crippen LogP contribution in [0.3, 0.4) is 0 Å². The van der Waals surface area contributed by atoms with Gasteiger partial charge < -0.3 is 15.4 Å². The Balaban J connectivity index is 1.30. The van der Waals surface area contributed by atoms with Crippen molar-refractivity contribution in [2.45, 2.75) is 30.6 Å². The van der Waals surface area contributed by atoms with Crippen molar-refractivity contribution < 1.29 is 4.74 Å². The lowest BCUT2D eigenvalue weighted by atomic mass is 10.0. The first kappa shape index (κ1) is 23.9. The zero-order valence-electron chi connectivity index (χ0n) is 20.1. The van der Waals surface area contributed by atoms with Gasteiger partial charge in [-0.25, -0.2) is 4.98 Å². The Morgan fingerprint density at radius 2 is 1.91 bits per heavy atom. The molecule has 3 N–H and O–H groups in total. The van der Waals surface area contributed by atoms with Crippen LogP contribution >= 0.6 is 0 Å². The second-order valence-electron chi connectivity index (χ2n) is 9.09. The van der Waals surface area contributed by atoms with Gasteiger partial charge in [0.05, 0.1) is 13.2 Å². The van der Waals surface area contributed by atoms with E-state index < -0.39 is 10.7 Å². The highest BCUT2D eigenvalue weighted by atomic mass is 32.2. The molecule has 1 fully saturated rings. The first-order valence-corrected chi connectivity index (χ1v) is 13.9. The molecule has 7 nitrogen and oxygen atoms in total. The number of aromatic nitrogens is 2. The van der Waals surface area contributed by atoms with E-state index in [0.717, 1.165) is 98.4 Å². The van der Waals surface area contributed by atoms with Gasteiger partial charge in [-0.3, -0.25) is 9.68 Å². The fourth-order valence-corrected chi connectivity index (χ4v) is 5.76. The highest BCUT2D eigenvalue weighted by molar-refractivity contribution is 7.86. The van der Waals surface area contributed by atoms with Crippen LogP contribution < -0.4 is 10.6 Å². The molecular weight excluding hydrogens is 456 g/mol. The van der Waals surface area contributed by atoms with Crippen LogP contribution in [-0.2, 0) is 21.8 Å². The smallest absolute Gasteiger partial charge is 0.229 e. The van der Waals surface area contributed by atoms with Crippen LogP contribution in [0.2, 0.25) is 0 Å². The van der Waals surface area contributed by atoms with Crippen LogP contribution in [0.1, 0.15) is 24.8 Å². The second kappa shape index (κ2) is 11.7. The fourth-order valence-electron chi connectivity index (χ4n) is 4.52. The van der Waals surface area contributed by atoms with E-state index in [0.29, 0.717) is 5.95 Å². The molecule has 2 aliphatic heterocycles. The number of fused-ring (bicyclic) bond motifs is 4. The maximum atomic E-state index is 8.50. The molecule has 1 saturated heterocycles. The Bertz CT molecular complexity index is 1150. The minimum atomic E-state index is -0.496. The molecular formula is C27H34N6OS. The topological polar surface area (TPSA) is 86.2 Å². The molecule has 2 aromatic carbocycles. The molecule has 3 heterocycles. The number of nitrogens with zero attached hydrogens (tertiary/aromatic N) is 3. The van der Waals surface area contributed by atoms with E-state index in [2.05, 4.69) is 50.8 Å². The number of morpholine rings is 1. The lowest BCUT2D eigenvalue weighted by Gasteiger charge is -2.26. The minimum Gasteiger partial charge on any atom is -0.379 e. The van der Waals surface area contributed by atoms with E-state index in [1.165, 1.54) is 5.56 Å². The number of rotatable bonds is 5. The summed E-state index contributed by atoms with van der Waals surface area (Å²) in [6.45, 7) is 5.78. The van der Waals surface area contributed by atoms with E-state index in [-0.39, 0.29) is 0 Å². The molecule has 1 aromatic heterocycles. The summed E-state index contributed by atoms with van der Waals surface area (Å²) in [4.78, 5) is 13.0. The van der Waals surface area contributed by atoms with Crippen molar-refractivity contribution in [1.29, 1.82) is 4.78 Å². The number of nitrogens with one attached hydrogen (secondary N) is 3. The Kier molecular flexibility index (Phi) is 8.03. The summed E-state index contributed by atoms with van der Waals surface area (Å²) in [5.41, 5.74) is 4.42. The van der Waals surface area contributed by atoms with Gasteiger partial charge in [-0.1, -0.05) is 41.0 Å². The molecule has 35 heavy (non-hydrogen) atoms. The van der Waals surface area contributed by atoms with Gasteiger partial charge in [-0.05, 0) is 61.6 Å². The molecule has 5 rings (SSSR count). The number of aryl methyl sites for hydroxylation is 1. The van der Waals surface area contributed by atoms with Crippen molar-refractivity contribution in [2.75, 3.05) is 55.8 Å². The van der Waals surface area contributed by atoms with Crippen molar-refractivity contribution in [2.24, 2.45) is 0 Å². The maximum absolute atomic E-state index is 8.50. The predicted octanol–water partition coefficient (Wildman–Crippen LogP) is 5.10. The van der Waals surface area contributed by atoms with E-state index in [1.54, 1.807) is 0 Å². The van der Waals surface area contributed by atoms with Crippen LogP contribution in [0.25, 0.3) is 11.1 Å². The van der Waals surface area contributed by atoms with Crippen molar-refractivity contribution >= 4 is 28.1 Å². The second-order valence-corrected chi connectivity index (χ2v) is 10.8. The standard InChI is InChI=1S/C27H34N6OS/c28-35-18-2-1-12-29-26-25(20-30-27(32-26)31-23-6-3-7-24(35)19-23)22-10-8-21(9-11-22)5-4-13-33-14-16-34-17-15-33/h3,6-11,19-20,28H,1-2,4-5,12-18H2,(H2,29,30,31,32). The van der Waals surface area contributed by atoms with Crippen LogP contribution in [0.4, 0.5) is 17.5 Å². The summed E-state index contributed by atoms with van der Waals surface area (Å²) in [5.74, 6) is 2.30. The predicted molar refractivity (Wildman–Crippen MR) is 144 cm³/mol. The summed E-state index contributed by atoms with van der Waals surface area (Å²) < 4.78 is 13.9. The van der Waals surface area contributed by atoms with Crippen LogP contribution in [-0.4, -0.2) is 60.0 Å². The SMILES string of the molecule is N=S1CCCCNc2nc(ncc2-c2ccc(CCCN3CCOCC3)cc2)Nc2cccc1c2. The Labute approximate surface area is 210 Å². The zero-order chi connectivity index (χ0) is 23.9. The number of anilines is 3. The van der Waals surface area contributed by atoms with Crippen molar-refractivity contribution in [3.8, 4) is 11.1 Å². The summed E-state index contributed by atoms with van der Waals surface area (Å²) in [7, 11) is -0.496. The van der Waals surface area contributed by atoms with Gasteiger partial charge in [0.25, 0.3) is 0 Å². The Morgan fingerprint density at radius 3 is 2.77 bits per heavy atom. The van der Waals surface area contributed by atoms with Crippen molar-refractivity contribution in [3.63, 3.8) is 0 Å². The van der Waals surface area contributed by atoms with Crippen molar-refractivity contribution in [3.05, 3.63) is 60.3 Å². The van der Waals surface area contributed by atoms with Crippen LogP contribution in [0.5, 0.6) is 0 Å². The maximum Gasteiger partial charge on any atom is 0.229 e. The summed E-state index contributed by atoms with van der Waals surface area (Å²) in [5, 5.41) is 6.86. The average molecular weight is 491 g/mol. The molecule has 4 bridgehead atoms. The first-order valence-electron chi connectivity index (χ1n) is 12.5. The molecule has 0 spiro atoms. The third-order valence-electron chi connectivity index (χ3n) is 6.54. The monoisotopic (exact) mass is 490 g/mol. The largest absolute Gasteiger partial charge is 0.379 e. The van der Waals surface area contributed by atoms with E-state index >= 15 is 0 Å². The molecule has 1 atom stereocenters. The molecule has 0 amide bonds. The number of hydrogen-bond donors (Lipinski definition) is 3. The van der Waals surface area contributed by atoms with Gasteiger partial charge >= 0.3 is 0 Å². The van der Waals surface area contributed by atoms with Gasteiger partial charge in [0.1, 0.15) is 5.82 Å². The highest BCUT2D eigenvalue weighted by Crippen LogP contribution is 2.29. The van der Waals surface area contributed by atoms with Gasteiger partial charge in [0, 0.05) is 47.7 Å². The van der Waals surface area contributed by atoms with Gasteiger partial charge in [-0.15, -0.1) is 0 Å². The molecule has 8 heteroatoms. The summed E-state index contributed by atoms with van der Waals surface area (Å²) >= 11 is 0. The average Bonchev–Trinajstić information content (AvgIpc) is 2.90. The Hall–Kier alpha value is -2.81. The van der Waals surface area contributed by atoms with Gasteiger partial charge in [-0.2, -0.15) is 4.98 Å².